The van der Waals surface area contributed by atoms with Gasteiger partial charge in [-0.05, 0) is 12.8 Å². The summed E-state index contributed by atoms with van der Waals surface area (Å²) in [6.07, 6.45) is 25.6. The van der Waals surface area contributed by atoms with Gasteiger partial charge in [-0.15, -0.1) is 0 Å². The van der Waals surface area contributed by atoms with Gasteiger partial charge in [0.05, 0.1) is 6.61 Å². The molecule has 0 heterocycles. The minimum absolute atomic E-state index is 0.0134. The summed E-state index contributed by atoms with van der Waals surface area (Å²) in [5, 5.41) is 0. The summed E-state index contributed by atoms with van der Waals surface area (Å²) in [7, 11) is 0. The van der Waals surface area contributed by atoms with E-state index in [1.54, 1.807) is 0 Å². The number of unbranched alkanes of at least 4 members (excludes halogenated alkanes) is 17. The van der Waals surface area contributed by atoms with Crippen molar-refractivity contribution < 1.29 is 9.53 Å². The molecule has 0 aromatic carbocycles. The monoisotopic (exact) mass is 368 g/mol. The van der Waals surface area contributed by atoms with E-state index in [2.05, 4.69) is 13.8 Å². The summed E-state index contributed by atoms with van der Waals surface area (Å²) < 4.78 is 5.33. The van der Waals surface area contributed by atoms with Crippen LogP contribution in [0.15, 0.2) is 0 Å². The van der Waals surface area contributed by atoms with Gasteiger partial charge in [0, 0.05) is 6.42 Å². The molecule has 2 heteroatoms. The first-order valence-corrected chi connectivity index (χ1v) is 12.0. The smallest absolute Gasteiger partial charge is 0.305 e. The molecule has 2 nitrogen and oxygen atoms in total. The van der Waals surface area contributed by atoms with Crippen LogP contribution in [-0.2, 0) is 9.53 Å². The third-order valence-corrected chi connectivity index (χ3v) is 5.25. The fraction of sp³-hybridized carbons (Fsp3) is 0.958. The number of carbonyl (C=O) groups excluding carboxylic acids is 1. The summed E-state index contributed by atoms with van der Waals surface area (Å²) in [4.78, 5) is 11.6. The largest absolute Gasteiger partial charge is 0.466 e. The van der Waals surface area contributed by atoms with Crippen molar-refractivity contribution in [2.24, 2.45) is 0 Å². The second-order valence-electron chi connectivity index (χ2n) is 7.98. The first-order valence-electron chi connectivity index (χ1n) is 12.0. The van der Waals surface area contributed by atoms with Crippen LogP contribution < -0.4 is 0 Å². The standard InChI is InChI=1S/C24H48O2/c1-3-5-7-9-11-12-13-14-15-16-17-19-21-23-26-24(25)22-20-18-10-8-6-4-2/h3-23H2,1-2H3. The lowest BCUT2D eigenvalue weighted by molar-refractivity contribution is -0.143. The fourth-order valence-electron chi connectivity index (χ4n) is 3.43. The predicted octanol–water partition coefficient (Wildman–Crippen LogP) is 8.37. The zero-order valence-corrected chi connectivity index (χ0v) is 18.2. The predicted molar refractivity (Wildman–Crippen MR) is 115 cm³/mol. The number of carbonyl (C=O) groups is 1. The Morgan fingerprint density at radius 2 is 0.846 bits per heavy atom. The van der Waals surface area contributed by atoms with Crippen LogP contribution in [-0.4, -0.2) is 12.6 Å². The number of hydrogen-bond donors (Lipinski definition) is 0. The Kier molecular flexibility index (Phi) is 22.1. The van der Waals surface area contributed by atoms with Crippen molar-refractivity contribution in [3.8, 4) is 0 Å². The van der Waals surface area contributed by atoms with Crippen LogP contribution in [0.3, 0.4) is 0 Å². The van der Waals surface area contributed by atoms with Crippen molar-refractivity contribution in [1.82, 2.24) is 0 Å². The Balaban J connectivity index is 3.11. The molecule has 0 aliphatic carbocycles. The zero-order valence-electron chi connectivity index (χ0n) is 18.2. The summed E-state index contributed by atoms with van der Waals surface area (Å²) in [5.74, 6) is 0.0134. The second kappa shape index (κ2) is 22.5. The van der Waals surface area contributed by atoms with Crippen molar-refractivity contribution in [1.29, 1.82) is 0 Å². The Bertz CT molecular complexity index is 275. The van der Waals surface area contributed by atoms with Crippen LogP contribution in [0, 0.1) is 0 Å². The third-order valence-electron chi connectivity index (χ3n) is 5.25. The van der Waals surface area contributed by atoms with Gasteiger partial charge in [-0.3, -0.25) is 4.79 Å². The summed E-state index contributed by atoms with van der Waals surface area (Å²) in [6, 6.07) is 0. The van der Waals surface area contributed by atoms with Gasteiger partial charge in [0.25, 0.3) is 0 Å². The molecular formula is C24H48O2. The molecule has 0 saturated heterocycles. The Morgan fingerprint density at radius 3 is 1.27 bits per heavy atom. The molecule has 0 atom stereocenters. The van der Waals surface area contributed by atoms with Crippen molar-refractivity contribution in [2.75, 3.05) is 6.61 Å². The average molecular weight is 369 g/mol. The van der Waals surface area contributed by atoms with E-state index in [1.165, 1.54) is 109 Å². The molecule has 0 aliphatic heterocycles. The maximum atomic E-state index is 11.6. The molecule has 0 saturated carbocycles. The van der Waals surface area contributed by atoms with Crippen molar-refractivity contribution >= 4 is 5.97 Å². The van der Waals surface area contributed by atoms with Crippen LogP contribution in [0.4, 0.5) is 0 Å². The topological polar surface area (TPSA) is 26.3 Å². The fourth-order valence-corrected chi connectivity index (χ4v) is 3.43. The van der Waals surface area contributed by atoms with E-state index >= 15 is 0 Å². The highest BCUT2D eigenvalue weighted by molar-refractivity contribution is 5.69. The highest BCUT2D eigenvalue weighted by Gasteiger charge is 2.02. The van der Waals surface area contributed by atoms with Gasteiger partial charge in [0.1, 0.15) is 0 Å². The lowest BCUT2D eigenvalue weighted by Gasteiger charge is -2.05. The molecule has 0 aromatic rings. The van der Waals surface area contributed by atoms with Gasteiger partial charge in [-0.1, -0.05) is 123 Å². The van der Waals surface area contributed by atoms with Crippen molar-refractivity contribution in [2.45, 2.75) is 142 Å². The van der Waals surface area contributed by atoms with Crippen LogP contribution in [0.25, 0.3) is 0 Å². The maximum absolute atomic E-state index is 11.6. The first-order chi connectivity index (χ1) is 12.8. The Labute approximate surface area is 164 Å². The molecule has 0 bridgehead atoms. The van der Waals surface area contributed by atoms with E-state index in [0.717, 1.165) is 12.8 Å². The molecule has 0 unspecified atom stereocenters. The summed E-state index contributed by atoms with van der Waals surface area (Å²) in [6.45, 7) is 5.14. The zero-order chi connectivity index (χ0) is 19.1. The number of hydrogen-bond acceptors (Lipinski definition) is 2. The van der Waals surface area contributed by atoms with E-state index < -0.39 is 0 Å². The highest BCUT2D eigenvalue weighted by atomic mass is 16.5. The van der Waals surface area contributed by atoms with E-state index in [1.807, 2.05) is 0 Å². The quantitative estimate of drug-likeness (QED) is 0.150. The van der Waals surface area contributed by atoms with E-state index in [-0.39, 0.29) is 5.97 Å². The van der Waals surface area contributed by atoms with E-state index in [9.17, 15) is 4.79 Å². The maximum Gasteiger partial charge on any atom is 0.305 e. The lowest BCUT2D eigenvalue weighted by Crippen LogP contribution is -2.05. The number of rotatable bonds is 21. The molecule has 0 N–H and O–H groups in total. The minimum atomic E-state index is 0.0134. The normalized spacial score (nSPS) is 11.0. The Hall–Kier alpha value is -0.530. The minimum Gasteiger partial charge on any atom is -0.466 e. The van der Waals surface area contributed by atoms with Crippen molar-refractivity contribution in [3.05, 3.63) is 0 Å². The summed E-state index contributed by atoms with van der Waals surface area (Å²) >= 11 is 0. The molecule has 0 spiro atoms. The van der Waals surface area contributed by atoms with Gasteiger partial charge < -0.3 is 4.74 Å². The van der Waals surface area contributed by atoms with Crippen molar-refractivity contribution in [3.63, 3.8) is 0 Å². The number of ether oxygens (including phenoxy) is 1. The molecular weight excluding hydrogens is 320 g/mol. The molecule has 0 aliphatic rings. The molecule has 26 heavy (non-hydrogen) atoms. The van der Waals surface area contributed by atoms with Gasteiger partial charge in [0.2, 0.25) is 0 Å². The lowest BCUT2D eigenvalue weighted by atomic mass is 10.0. The molecule has 0 radical (unpaired) electrons. The van der Waals surface area contributed by atoms with E-state index in [4.69, 9.17) is 4.74 Å². The van der Waals surface area contributed by atoms with Gasteiger partial charge >= 0.3 is 5.97 Å². The summed E-state index contributed by atoms with van der Waals surface area (Å²) in [5.41, 5.74) is 0. The van der Waals surface area contributed by atoms with Crippen LogP contribution in [0.1, 0.15) is 142 Å². The second-order valence-corrected chi connectivity index (χ2v) is 7.98. The number of esters is 1. The van der Waals surface area contributed by atoms with Crippen LogP contribution in [0.5, 0.6) is 0 Å². The average Bonchev–Trinajstić information content (AvgIpc) is 2.65. The molecule has 0 rings (SSSR count). The molecule has 156 valence electrons. The van der Waals surface area contributed by atoms with Gasteiger partial charge in [-0.2, -0.15) is 0 Å². The van der Waals surface area contributed by atoms with Gasteiger partial charge in [-0.25, -0.2) is 0 Å². The molecule has 0 amide bonds. The first kappa shape index (κ1) is 25.5. The van der Waals surface area contributed by atoms with E-state index in [0.29, 0.717) is 13.0 Å². The highest BCUT2D eigenvalue weighted by Crippen LogP contribution is 2.12. The van der Waals surface area contributed by atoms with Crippen LogP contribution >= 0.6 is 0 Å². The Morgan fingerprint density at radius 1 is 0.500 bits per heavy atom. The third kappa shape index (κ3) is 21.5. The van der Waals surface area contributed by atoms with Crippen LogP contribution in [0.2, 0.25) is 0 Å². The van der Waals surface area contributed by atoms with Gasteiger partial charge in [0.15, 0.2) is 0 Å². The SMILES string of the molecule is CCCCCCCCCCCCCCCOC(=O)CCCCCCCC. The molecule has 0 fully saturated rings. The molecule has 0 aromatic heterocycles.